The Morgan fingerprint density at radius 2 is 1.86 bits per heavy atom. The fraction of sp³-hybridized carbons (Fsp3) is 0.333. The second kappa shape index (κ2) is 7.25. The summed E-state index contributed by atoms with van der Waals surface area (Å²) < 4.78 is 0.976. The molecule has 0 unspecified atom stereocenters. The van der Waals surface area contributed by atoms with Crippen molar-refractivity contribution in [3.8, 4) is 6.07 Å². The predicted octanol–water partition coefficient (Wildman–Crippen LogP) is 0.254. The third-order valence-electron chi connectivity index (χ3n) is 3.58. The number of halogens is 1. The highest BCUT2D eigenvalue weighted by Gasteiger charge is 2.22. The lowest BCUT2D eigenvalue weighted by atomic mass is 9.93. The molecule has 1 aliphatic heterocycles. The van der Waals surface area contributed by atoms with E-state index >= 15 is 0 Å². The molecule has 1 fully saturated rings. The van der Waals surface area contributed by atoms with Crippen LogP contribution < -0.4 is 21.8 Å². The van der Waals surface area contributed by atoms with E-state index in [1.165, 1.54) is 0 Å². The smallest absolute Gasteiger partial charge is 0.307 e. The van der Waals surface area contributed by atoms with Gasteiger partial charge in [-0.3, -0.25) is 0 Å². The van der Waals surface area contributed by atoms with Gasteiger partial charge in [-0.05, 0) is 38.1 Å². The van der Waals surface area contributed by atoms with Gasteiger partial charge in [0.05, 0.1) is 0 Å². The highest BCUT2D eigenvalue weighted by Crippen LogP contribution is 2.18. The van der Waals surface area contributed by atoms with Gasteiger partial charge in [-0.25, -0.2) is 0 Å². The first-order valence-electron chi connectivity index (χ1n) is 6.87. The Morgan fingerprint density at radius 1 is 1.24 bits per heavy atom. The van der Waals surface area contributed by atoms with Crippen molar-refractivity contribution < 1.29 is 4.99 Å². The third kappa shape index (κ3) is 4.06. The van der Waals surface area contributed by atoms with E-state index in [4.69, 9.17) is 11.5 Å². The molecule has 0 bridgehead atoms. The van der Waals surface area contributed by atoms with E-state index in [0.29, 0.717) is 17.1 Å². The van der Waals surface area contributed by atoms with Crippen molar-refractivity contribution in [1.82, 2.24) is 5.32 Å². The maximum Gasteiger partial charge on any atom is 0.307 e. The molecule has 0 aliphatic carbocycles. The lowest BCUT2D eigenvalue weighted by Gasteiger charge is -2.23. The van der Waals surface area contributed by atoms with Crippen LogP contribution in [0.1, 0.15) is 12.8 Å². The van der Waals surface area contributed by atoms with Crippen LogP contribution in [0.3, 0.4) is 0 Å². The summed E-state index contributed by atoms with van der Waals surface area (Å²) in [5, 5.41) is 12.6. The maximum atomic E-state index is 9.32. The van der Waals surface area contributed by atoms with Crippen molar-refractivity contribution in [3.63, 3.8) is 0 Å². The molecule has 2 rings (SSSR count). The van der Waals surface area contributed by atoms with Gasteiger partial charge < -0.3 is 16.8 Å². The Labute approximate surface area is 132 Å². The van der Waals surface area contributed by atoms with Gasteiger partial charge in [0.1, 0.15) is 5.70 Å². The number of nitriles is 1. The van der Waals surface area contributed by atoms with E-state index in [0.717, 1.165) is 36.1 Å². The van der Waals surface area contributed by atoms with Gasteiger partial charge in [-0.15, -0.1) is 0 Å². The van der Waals surface area contributed by atoms with Gasteiger partial charge in [0, 0.05) is 28.2 Å². The van der Waals surface area contributed by atoms with Crippen LogP contribution in [0.2, 0.25) is 0 Å². The van der Waals surface area contributed by atoms with E-state index in [1.54, 1.807) is 0 Å². The van der Waals surface area contributed by atoms with Crippen LogP contribution in [-0.4, -0.2) is 18.8 Å². The Balaban J connectivity index is 2.27. The molecule has 6 heteroatoms. The van der Waals surface area contributed by atoms with Crippen LogP contribution in [0.4, 0.5) is 5.69 Å². The first kappa shape index (κ1) is 15.5. The number of allylic oxidation sites excluding steroid dienone is 2. The Bertz CT molecular complexity index is 591. The quantitative estimate of drug-likeness (QED) is 0.588. The molecule has 0 amide bonds. The molecule has 1 aromatic carbocycles. The predicted molar refractivity (Wildman–Crippen MR) is 86.4 cm³/mol. The molecular weight excluding hydrogens is 330 g/mol. The SMILES string of the molecule is N#CC(=[NH+]c1ccc(Br)cc1)/C(N)=C(\N)C1CCNCC1. The van der Waals surface area contributed by atoms with Gasteiger partial charge in [0.25, 0.3) is 0 Å². The molecular formula is C15H19BrN5+. The number of hydrogen-bond donors (Lipinski definition) is 4. The first-order valence-corrected chi connectivity index (χ1v) is 7.67. The van der Waals surface area contributed by atoms with Crippen LogP contribution in [0, 0.1) is 17.2 Å². The van der Waals surface area contributed by atoms with Crippen LogP contribution >= 0.6 is 15.9 Å². The lowest BCUT2D eigenvalue weighted by Crippen LogP contribution is -2.67. The average Bonchev–Trinajstić information content (AvgIpc) is 2.54. The summed E-state index contributed by atoms with van der Waals surface area (Å²) in [6, 6.07) is 9.63. The zero-order valence-corrected chi connectivity index (χ0v) is 13.3. The summed E-state index contributed by atoms with van der Waals surface area (Å²) in [4.78, 5) is 3.03. The second-order valence-electron chi connectivity index (χ2n) is 5.01. The molecule has 0 aromatic heterocycles. The van der Waals surface area contributed by atoms with Crippen LogP contribution in [-0.2, 0) is 0 Å². The van der Waals surface area contributed by atoms with Crippen molar-refractivity contribution in [2.45, 2.75) is 12.8 Å². The average molecular weight is 349 g/mol. The van der Waals surface area contributed by atoms with E-state index < -0.39 is 0 Å². The monoisotopic (exact) mass is 348 g/mol. The van der Waals surface area contributed by atoms with Gasteiger partial charge in [0.2, 0.25) is 5.69 Å². The minimum absolute atomic E-state index is 0.237. The summed E-state index contributed by atoms with van der Waals surface area (Å²) in [7, 11) is 0. The Morgan fingerprint density at radius 3 is 2.43 bits per heavy atom. The molecule has 1 aliphatic rings. The number of nitrogens with zero attached hydrogens (tertiary/aromatic N) is 1. The maximum absolute atomic E-state index is 9.32. The number of hydrogen-bond acceptors (Lipinski definition) is 4. The molecule has 5 nitrogen and oxygen atoms in total. The number of benzene rings is 1. The number of nitrogens with two attached hydrogens (primary N) is 2. The number of nitrogens with one attached hydrogen (secondary N) is 2. The van der Waals surface area contributed by atoms with Crippen molar-refractivity contribution in [1.29, 1.82) is 5.26 Å². The summed E-state index contributed by atoms with van der Waals surface area (Å²) in [5.41, 5.74) is 14.3. The minimum Gasteiger partial charge on any atom is -0.400 e. The topological polar surface area (TPSA) is 102 Å². The molecule has 0 saturated carbocycles. The lowest BCUT2D eigenvalue weighted by molar-refractivity contribution is -0.351. The summed E-state index contributed by atoms with van der Waals surface area (Å²) in [6.45, 7) is 1.86. The normalized spacial score (nSPS) is 18.0. The van der Waals surface area contributed by atoms with E-state index in [-0.39, 0.29) is 5.92 Å². The van der Waals surface area contributed by atoms with Crippen LogP contribution in [0.5, 0.6) is 0 Å². The Hall–Kier alpha value is -1.84. The van der Waals surface area contributed by atoms with Crippen LogP contribution in [0.15, 0.2) is 40.1 Å². The van der Waals surface area contributed by atoms with Gasteiger partial charge in [0.15, 0.2) is 6.07 Å². The second-order valence-corrected chi connectivity index (χ2v) is 5.93. The molecule has 110 valence electrons. The molecule has 0 radical (unpaired) electrons. The third-order valence-corrected chi connectivity index (χ3v) is 4.11. The van der Waals surface area contributed by atoms with E-state index in [1.807, 2.05) is 24.3 Å². The van der Waals surface area contributed by atoms with Crippen molar-refractivity contribution in [3.05, 3.63) is 40.1 Å². The molecule has 1 aromatic rings. The molecule has 1 heterocycles. The standard InChI is InChI=1S/C15H18BrN5/c16-11-1-3-12(4-2-11)21-13(9-17)15(19)14(18)10-5-7-20-8-6-10/h1-4,10,20H,5-8,18-19H2/p+1/b15-14+,21-13?. The van der Waals surface area contributed by atoms with E-state index in [9.17, 15) is 5.26 Å². The van der Waals surface area contributed by atoms with Gasteiger partial charge >= 0.3 is 5.71 Å². The number of rotatable bonds is 3. The molecule has 0 spiro atoms. The highest BCUT2D eigenvalue weighted by atomic mass is 79.9. The zero-order chi connectivity index (χ0) is 15.2. The van der Waals surface area contributed by atoms with Gasteiger partial charge in [-0.1, -0.05) is 15.9 Å². The fourth-order valence-electron chi connectivity index (χ4n) is 2.33. The number of piperidine rings is 1. The van der Waals surface area contributed by atoms with Crippen LogP contribution in [0.25, 0.3) is 0 Å². The largest absolute Gasteiger partial charge is 0.400 e. The molecule has 0 atom stereocenters. The van der Waals surface area contributed by atoms with Crippen molar-refractivity contribution >= 4 is 27.3 Å². The molecule has 6 N–H and O–H groups in total. The molecule has 21 heavy (non-hydrogen) atoms. The minimum atomic E-state index is 0.237. The Kier molecular flexibility index (Phi) is 5.37. The van der Waals surface area contributed by atoms with E-state index in [2.05, 4.69) is 32.3 Å². The summed E-state index contributed by atoms with van der Waals surface area (Å²) >= 11 is 3.37. The highest BCUT2D eigenvalue weighted by molar-refractivity contribution is 9.10. The summed E-state index contributed by atoms with van der Waals surface area (Å²) in [6.07, 6.45) is 1.90. The molecule has 1 saturated heterocycles. The zero-order valence-electron chi connectivity index (χ0n) is 11.7. The fourth-order valence-corrected chi connectivity index (χ4v) is 2.59. The first-order chi connectivity index (χ1) is 10.1. The van der Waals surface area contributed by atoms with Crippen molar-refractivity contribution in [2.24, 2.45) is 17.4 Å². The van der Waals surface area contributed by atoms with Gasteiger partial charge in [-0.2, -0.15) is 10.3 Å². The summed E-state index contributed by atoms with van der Waals surface area (Å²) in [5.74, 6) is 0.237. The van der Waals surface area contributed by atoms with Crippen molar-refractivity contribution in [2.75, 3.05) is 13.1 Å².